The van der Waals surface area contributed by atoms with Gasteiger partial charge in [0.15, 0.2) is 0 Å². The third-order valence-electron chi connectivity index (χ3n) is 4.28. The Hall–Kier alpha value is -0.870. The van der Waals surface area contributed by atoms with Gasteiger partial charge in [0.05, 0.1) is 19.6 Å². The largest absolute Gasteiger partial charge is 0.469 e. The van der Waals surface area contributed by atoms with Crippen LogP contribution in [0.15, 0.2) is 17.5 Å². The van der Waals surface area contributed by atoms with Gasteiger partial charge in [0.1, 0.15) is 0 Å². The quantitative estimate of drug-likeness (QED) is 0.809. The molecule has 1 N–H and O–H groups in total. The summed E-state index contributed by atoms with van der Waals surface area (Å²) in [4.78, 5) is 12.9. The van der Waals surface area contributed by atoms with Crippen LogP contribution >= 0.6 is 11.3 Å². The number of hydrogen-bond donors (Lipinski definition) is 1. The lowest BCUT2D eigenvalue weighted by atomic mass is 9.84. The summed E-state index contributed by atoms with van der Waals surface area (Å²) in [6.45, 7) is 2.28. The fourth-order valence-corrected chi connectivity index (χ4v) is 3.87. The molecule has 0 radical (unpaired) electrons. The first kappa shape index (κ1) is 15.5. The highest BCUT2D eigenvalue weighted by atomic mass is 32.1. The third-order valence-corrected chi connectivity index (χ3v) is 5.27. The van der Waals surface area contributed by atoms with Crippen molar-refractivity contribution in [3.8, 4) is 0 Å². The number of nitrogens with one attached hydrogen (secondary N) is 1. The summed E-state index contributed by atoms with van der Waals surface area (Å²) >= 11 is 1.71. The minimum absolute atomic E-state index is 0.100. The maximum absolute atomic E-state index is 11.6. The summed E-state index contributed by atoms with van der Waals surface area (Å²) in [5.74, 6) is 0.696. The van der Waals surface area contributed by atoms with Gasteiger partial charge >= 0.3 is 5.97 Å². The van der Waals surface area contributed by atoms with Crippen molar-refractivity contribution in [1.82, 2.24) is 5.32 Å². The normalized spacial score (nSPS) is 24.3. The molecular weight excluding hydrogens is 270 g/mol. The second-order valence-corrected chi connectivity index (χ2v) is 6.63. The fraction of sp³-hybridized carbons (Fsp3) is 0.688. The molecule has 20 heavy (non-hydrogen) atoms. The number of ether oxygens (including phenoxy) is 1. The lowest BCUT2D eigenvalue weighted by Crippen LogP contribution is -2.37. The summed E-state index contributed by atoms with van der Waals surface area (Å²) in [7, 11) is 1.46. The summed E-state index contributed by atoms with van der Waals surface area (Å²) in [5, 5.41) is 5.76. The number of methoxy groups -OCH3 is 1. The molecule has 1 aromatic heterocycles. The topological polar surface area (TPSA) is 38.3 Å². The Morgan fingerprint density at radius 2 is 2.40 bits per heavy atom. The van der Waals surface area contributed by atoms with Gasteiger partial charge in [-0.3, -0.25) is 4.79 Å². The molecule has 0 aromatic carbocycles. The first-order chi connectivity index (χ1) is 9.72. The molecule has 1 fully saturated rings. The third kappa shape index (κ3) is 4.32. The van der Waals surface area contributed by atoms with Crippen LogP contribution in [0.4, 0.5) is 0 Å². The van der Waals surface area contributed by atoms with Crippen molar-refractivity contribution in [1.29, 1.82) is 0 Å². The highest BCUT2D eigenvalue weighted by Crippen LogP contribution is 2.30. The van der Waals surface area contributed by atoms with Crippen molar-refractivity contribution in [2.45, 2.75) is 57.5 Å². The second kappa shape index (κ2) is 7.79. The number of esters is 1. The smallest absolute Gasteiger partial charge is 0.307 e. The first-order valence-electron chi connectivity index (χ1n) is 7.59. The average Bonchev–Trinajstić information content (AvgIpc) is 3.00. The predicted octanol–water partition coefficient (Wildman–Crippen LogP) is 3.91. The molecule has 4 heteroatoms. The van der Waals surface area contributed by atoms with Crippen molar-refractivity contribution < 1.29 is 9.53 Å². The van der Waals surface area contributed by atoms with Gasteiger partial charge in [-0.15, -0.1) is 11.3 Å². The van der Waals surface area contributed by atoms with Crippen LogP contribution in [-0.2, 0) is 9.53 Å². The maximum atomic E-state index is 11.6. The first-order valence-corrected chi connectivity index (χ1v) is 8.47. The summed E-state index contributed by atoms with van der Waals surface area (Å²) in [6, 6.07) is 4.78. The Morgan fingerprint density at radius 1 is 1.55 bits per heavy atom. The van der Waals surface area contributed by atoms with Crippen LogP contribution in [0.25, 0.3) is 0 Å². The van der Waals surface area contributed by atoms with Crippen LogP contribution in [0.1, 0.15) is 56.4 Å². The van der Waals surface area contributed by atoms with E-state index < -0.39 is 0 Å². The highest BCUT2D eigenvalue weighted by molar-refractivity contribution is 7.10. The zero-order valence-electron chi connectivity index (χ0n) is 12.4. The van der Waals surface area contributed by atoms with Crippen molar-refractivity contribution in [2.75, 3.05) is 7.11 Å². The number of rotatable bonds is 6. The molecule has 0 amide bonds. The summed E-state index contributed by atoms with van der Waals surface area (Å²) in [5.41, 5.74) is 0. The lowest BCUT2D eigenvalue weighted by Gasteiger charge is -2.32. The van der Waals surface area contributed by atoms with Crippen molar-refractivity contribution in [3.05, 3.63) is 22.4 Å². The Labute approximate surface area is 125 Å². The fourth-order valence-electron chi connectivity index (χ4n) is 3.08. The lowest BCUT2D eigenvalue weighted by molar-refractivity contribution is -0.141. The zero-order chi connectivity index (χ0) is 14.4. The molecule has 0 saturated heterocycles. The van der Waals surface area contributed by atoms with Gasteiger partial charge in [0.25, 0.3) is 0 Å². The average molecular weight is 295 g/mol. The van der Waals surface area contributed by atoms with Gasteiger partial charge in [-0.05, 0) is 30.2 Å². The summed E-state index contributed by atoms with van der Waals surface area (Å²) < 4.78 is 4.84. The van der Waals surface area contributed by atoms with Gasteiger partial charge in [0, 0.05) is 10.9 Å². The molecule has 1 aromatic rings. The van der Waals surface area contributed by atoms with Gasteiger partial charge < -0.3 is 10.1 Å². The summed E-state index contributed by atoms with van der Waals surface area (Å²) in [6.07, 6.45) is 6.79. The molecule has 1 saturated carbocycles. The van der Waals surface area contributed by atoms with E-state index in [2.05, 4.69) is 23.7 Å². The molecule has 1 heterocycles. The molecule has 0 aliphatic heterocycles. The predicted molar refractivity (Wildman–Crippen MR) is 82.9 cm³/mol. The number of carbonyl (C=O) groups excluding carboxylic acids is 1. The highest BCUT2D eigenvalue weighted by Gasteiger charge is 2.25. The van der Waals surface area contributed by atoms with Crippen LogP contribution < -0.4 is 5.32 Å². The van der Waals surface area contributed by atoms with E-state index >= 15 is 0 Å². The molecule has 112 valence electrons. The molecule has 2 rings (SSSR count). The minimum Gasteiger partial charge on any atom is -0.469 e. The minimum atomic E-state index is -0.140. The Bertz CT molecular complexity index is 405. The number of hydrogen-bond acceptors (Lipinski definition) is 4. The Kier molecular flexibility index (Phi) is 6.05. The van der Waals surface area contributed by atoms with E-state index in [0.29, 0.717) is 12.5 Å². The second-order valence-electron chi connectivity index (χ2n) is 5.65. The van der Waals surface area contributed by atoms with Gasteiger partial charge in [-0.1, -0.05) is 32.3 Å². The number of thiophene rings is 1. The molecule has 0 unspecified atom stereocenters. The van der Waals surface area contributed by atoms with E-state index in [1.54, 1.807) is 11.3 Å². The molecule has 0 spiro atoms. The van der Waals surface area contributed by atoms with Crippen molar-refractivity contribution in [3.63, 3.8) is 0 Å². The van der Waals surface area contributed by atoms with Crippen molar-refractivity contribution >= 4 is 17.3 Å². The van der Waals surface area contributed by atoms with Crippen LogP contribution in [0.5, 0.6) is 0 Å². The van der Waals surface area contributed by atoms with Gasteiger partial charge in [-0.2, -0.15) is 0 Å². The van der Waals surface area contributed by atoms with E-state index in [0.717, 1.165) is 5.92 Å². The number of carbonyl (C=O) groups is 1. The van der Waals surface area contributed by atoms with E-state index in [-0.39, 0.29) is 12.0 Å². The Morgan fingerprint density at radius 3 is 3.05 bits per heavy atom. The van der Waals surface area contributed by atoms with Crippen molar-refractivity contribution in [2.24, 2.45) is 5.92 Å². The maximum Gasteiger partial charge on any atom is 0.307 e. The molecule has 1 aliphatic carbocycles. The van der Waals surface area contributed by atoms with Crippen LogP contribution in [-0.4, -0.2) is 19.1 Å². The molecule has 1 aliphatic rings. The molecule has 3 atom stereocenters. The SMILES string of the molecule is CC[C@@H]1CCC[C@H](N[C@H](CC(=O)OC)c2cccs2)C1. The van der Waals surface area contributed by atoms with Gasteiger partial charge in [0.2, 0.25) is 0 Å². The Balaban J connectivity index is 1.98. The van der Waals surface area contributed by atoms with E-state index in [1.165, 1.54) is 44.1 Å². The van der Waals surface area contributed by atoms with Crippen LogP contribution in [0.3, 0.4) is 0 Å². The van der Waals surface area contributed by atoms with Gasteiger partial charge in [-0.25, -0.2) is 0 Å². The zero-order valence-corrected chi connectivity index (χ0v) is 13.2. The molecule has 0 bridgehead atoms. The van der Waals surface area contributed by atoms with E-state index in [1.807, 2.05) is 6.07 Å². The van der Waals surface area contributed by atoms with Crippen LogP contribution in [0.2, 0.25) is 0 Å². The molecule has 3 nitrogen and oxygen atoms in total. The van der Waals surface area contributed by atoms with Crippen LogP contribution in [0, 0.1) is 5.92 Å². The monoisotopic (exact) mass is 295 g/mol. The standard InChI is InChI=1S/C16H25NO2S/c1-3-12-6-4-7-13(10-12)17-14(11-16(18)19-2)15-8-5-9-20-15/h5,8-9,12-14,17H,3-4,6-7,10-11H2,1-2H3/t12-,13+,14-/m1/s1. The van der Waals surface area contributed by atoms with E-state index in [9.17, 15) is 4.79 Å². The molecular formula is C16H25NO2S. The van der Waals surface area contributed by atoms with E-state index in [4.69, 9.17) is 4.74 Å².